The van der Waals surface area contributed by atoms with E-state index in [0.717, 1.165) is 19.3 Å². The Morgan fingerprint density at radius 2 is 1.80 bits per heavy atom. The number of halogens is 2. The molecule has 0 aliphatic rings. The van der Waals surface area contributed by atoms with Gasteiger partial charge in [0.1, 0.15) is 0 Å². The number of benzene rings is 1. The van der Waals surface area contributed by atoms with Gasteiger partial charge in [-0.1, -0.05) is 49.0 Å². The van der Waals surface area contributed by atoms with E-state index >= 15 is 0 Å². The number of carbonyl (C=O) groups excluding carboxylic acids is 1. The molecule has 0 aliphatic carbocycles. The summed E-state index contributed by atoms with van der Waals surface area (Å²) in [5.74, 6) is 0.0408. The highest BCUT2D eigenvalue weighted by atomic mass is 35.5. The van der Waals surface area contributed by atoms with Crippen molar-refractivity contribution in [2.45, 2.75) is 32.6 Å². The Balaban J connectivity index is 2.73. The normalized spacial score (nSPS) is 10.3. The highest BCUT2D eigenvalue weighted by Gasteiger charge is 2.13. The molecule has 1 nitrogen and oxygen atoms in total. The quantitative estimate of drug-likeness (QED) is 0.540. The number of unbranched alkanes of at least 4 members (excludes halogenated alkanes) is 2. The van der Waals surface area contributed by atoms with Crippen molar-refractivity contribution in [2.24, 2.45) is 0 Å². The third-order valence-electron chi connectivity index (χ3n) is 2.25. The summed E-state index contributed by atoms with van der Waals surface area (Å²) in [6.45, 7) is 2.10. The molecule has 82 valence electrons. The van der Waals surface area contributed by atoms with Crippen molar-refractivity contribution in [3.8, 4) is 0 Å². The molecular weight excluding hydrogens is 231 g/mol. The maximum absolute atomic E-state index is 11.8. The third kappa shape index (κ3) is 3.51. The molecule has 3 heteroatoms. The number of carbonyl (C=O) groups is 1. The molecule has 1 aromatic carbocycles. The smallest absolute Gasteiger partial charge is 0.165 e. The highest BCUT2D eigenvalue weighted by Crippen LogP contribution is 2.26. The van der Waals surface area contributed by atoms with Crippen LogP contribution < -0.4 is 0 Å². The monoisotopic (exact) mass is 244 g/mol. The van der Waals surface area contributed by atoms with Crippen LogP contribution in [0.3, 0.4) is 0 Å². The number of hydrogen-bond donors (Lipinski definition) is 0. The molecule has 0 fully saturated rings. The van der Waals surface area contributed by atoms with E-state index in [0.29, 0.717) is 22.0 Å². The van der Waals surface area contributed by atoms with Crippen molar-refractivity contribution in [1.82, 2.24) is 0 Å². The fourth-order valence-corrected chi connectivity index (χ4v) is 2.03. The molecule has 0 amide bonds. The zero-order chi connectivity index (χ0) is 11.3. The van der Waals surface area contributed by atoms with E-state index in [4.69, 9.17) is 23.2 Å². The molecule has 0 unspecified atom stereocenters. The number of rotatable bonds is 5. The predicted molar refractivity (Wildman–Crippen MR) is 64.9 cm³/mol. The predicted octanol–water partition coefficient (Wildman–Crippen LogP) is 4.76. The molecule has 0 aromatic heterocycles. The van der Waals surface area contributed by atoms with Crippen LogP contribution >= 0.6 is 23.2 Å². The lowest BCUT2D eigenvalue weighted by atomic mass is 10.0. The van der Waals surface area contributed by atoms with E-state index in [1.165, 1.54) is 0 Å². The first-order valence-electron chi connectivity index (χ1n) is 5.14. The molecule has 0 atom stereocenters. The number of hydrogen-bond acceptors (Lipinski definition) is 1. The van der Waals surface area contributed by atoms with E-state index in [9.17, 15) is 4.79 Å². The first-order chi connectivity index (χ1) is 7.16. The summed E-state index contributed by atoms with van der Waals surface area (Å²) >= 11 is 11.9. The van der Waals surface area contributed by atoms with E-state index in [-0.39, 0.29) is 5.78 Å². The minimum Gasteiger partial charge on any atom is -0.294 e. The van der Waals surface area contributed by atoms with Crippen molar-refractivity contribution in [3.05, 3.63) is 33.8 Å². The van der Waals surface area contributed by atoms with E-state index in [1.807, 2.05) is 0 Å². The summed E-state index contributed by atoms with van der Waals surface area (Å²) in [4.78, 5) is 11.8. The van der Waals surface area contributed by atoms with Gasteiger partial charge in [-0.05, 0) is 18.6 Å². The van der Waals surface area contributed by atoms with Crippen molar-refractivity contribution in [1.29, 1.82) is 0 Å². The molecule has 0 heterocycles. The topological polar surface area (TPSA) is 17.1 Å². The largest absolute Gasteiger partial charge is 0.294 e. The third-order valence-corrected chi connectivity index (χ3v) is 2.88. The minimum absolute atomic E-state index is 0.0408. The first-order valence-corrected chi connectivity index (χ1v) is 5.89. The van der Waals surface area contributed by atoms with Gasteiger partial charge in [-0.25, -0.2) is 0 Å². The van der Waals surface area contributed by atoms with Crippen LogP contribution in [0.5, 0.6) is 0 Å². The molecule has 1 aromatic rings. The van der Waals surface area contributed by atoms with Gasteiger partial charge in [0.2, 0.25) is 0 Å². The molecule has 1 rings (SSSR count). The van der Waals surface area contributed by atoms with Gasteiger partial charge in [0, 0.05) is 6.42 Å². The maximum Gasteiger partial charge on any atom is 0.165 e. The SMILES string of the molecule is CCCCCC(=O)c1c(Cl)cccc1Cl. The molecule has 15 heavy (non-hydrogen) atoms. The Morgan fingerprint density at radius 1 is 1.20 bits per heavy atom. The van der Waals surface area contributed by atoms with Crippen LogP contribution in [-0.2, 0) is 0 Å². The Labute approximate surface area is 100 Å². The second-order valence-electron chi connectivity index (χ2n) is 3.48. The molecule has 0 spiro atoms. The van der Waals surface area contributed by atoms with E-state index in [1.54, 1.807) is 18.2 Å². The van der Waals surface area contributed by atoms with Gasteiger partial charge >= 0.3 is 0 Å². The molecule has 0 bridgehead atoms. The van der Waals surface area contributed by atoms with Crippen LogP contribution in [0, 0.1) is 0 Å². The minimum atomic E-state index is 0.0408. The van der Waals surface area contributed by atoms with Gasteiger partial charge < -0.3 is 0 Å². The van der Waals surface area contributed by atoms with Gasteiger partial charge in [-0.2, -0.15) is 0 Å². The second kappa shape index (κ2) is 6.14. The average molecular weight is 245 g/mol. The lowest BCUT2D eigenvalue weighted by Gasteiger charge is -2.05. The molecule has 0 N–H and O–H groups in total. The summed E-state index contributed by atoms with van der Waals surface area (Å²) in [7, 11) is 0. The number of ketones is 1. The second-order valence-corrected chi connectivity index (χ2v) is 4.29. The lowest BCUT2D eigenvalue weighted by molar-refractivity contribution is 0.0979. The molecule has 0 saturated carbocycles. The van der Waals surface area contributed by atoms with Gasteiger partial charge in [0.05, 0.1) is 15.6 Å². The molecule has 0 aliphatic heterocycles. The van der Waals surface area contributed by atoms with Crippen LogP contribution in [0.25, 0.3) is 0 Å². The zero-order valence-corrected chi connectivity index (χ0v) is 10.2. The van der Waals surface area contributed by atoms with Crippen LogP contribution in [0.4, 0.5) is 0 Å². The summed E-state index contributed by atoms with van der Waals surface area (Å²) in [5.41, 5.74) is 0.469. The van der Waals surface area contributed by atoms with Crippen molar-refractivity contribution < 1.29 is 4.79 Å². The zero-order valence-electron chi connectivity index (χ0n) is 8.72. The summed E-state index contributed by atoms with van der Waals surface area (Å²) < 4.78 is 0. The van der Waals surface area contributed by atoms with Gasteiger partial charge in [-0.3, -0.25) is 4.79 Å². The van der Waals surface area contributed by atoms with Crippen LogP contribution in [-0.4, -0.2) is 5.78 Å². The number of Topliss-reactive ketones (excluding diaryl/α,β-unsaturated/α-hetero) is 1. The Bertz CT molecular complexity index is 327. The molecular formula is C12H14Cl2O. The summed E-state index contributed by atoms with van der Waals surface area (Å²) in [6, 6.07) is 5.13. The van der Waals surface area contributed by atoms with Gasteiger partial charge in [-0.15, -0.1) is 0 Å². The molecule has 0 radical (unpaired) electrons. The fraction of sp³-hybridized carbons (Fsp3) is 0.417. The van der Waals surface area contributed by atoms with E-state index < -0.39 is 0 Å². The first kappa shape index (κ1) is 12.5. The van der Waals surface area contributed by atoms with Crippen molar-refractivity contribution >= 4 is 29.0 Å². The van der Waals surface area contributed by atoms with E-state index in [2.05, 4.69) is 6.92 Å². The highest BCUT2D eigenvalue weighted by molar-refractivity contribution is 6.39. The van der Waals surface area contributed by atoms with Crippen LogP contribution in [0.1, 0.15) is 43.0 Å². The van der Waals surface area contributed by atoms with Gasteiger partial charge in [0.15, 0.2) is 5.78 Å². The van der Waals surface area contributed by atoms with Crippen LogP contribution in [0.15, 0.2) is 18.2 Å². The lowest BCUT2D eigenvalue weighted by Crippen LogP contribution is -2.00. The summed E-state index contributed by atoms with van der Waals surface area (Å²) in [5, 5.41) is 0.896. The fourth-order valence-electron chi connectivity index (χ4n) is 1.42. The Hall–Kier alpha value is -0.530. The van der Waals surface area contributed by atoms with Crippen molar-refractivity contribution in [2.75, 3.05) is 0 Å². The van der Waals surface area contributed by atoms with Crippen LogP contribution in [0.2, 0.25) is 10.0 Å². The summed E-state index contributed by atoms with van der Waals surface area (Å²) in [6.07, 6.45) is 3.59. The molecule has 0 saturated heterocycles. The van der Waals surface area contributed by atoms with Crippen molar-refractivity contribution in [3.63, 3.8) is 0 Å². The Morgan fingerprint density at radius 3 is 2.33 bits per heavy atom. The Kier molecular flexibility index (Phi) is 5.13. The maximum atomic E-state index is 11.8. The van der Waals surface area contributed by atoms with Gasteiger partial charge in [0.25, 0.3) is 0 Å². The average Bonchev–Trinajstić information content (AvgIpc) is 2.18. The standard InChI is InChI=1S/C12H14Cl2O/c1-2-3-4-8-11(15)12-9(13)6-5-7-10(12)14/h5-7H,2-4,8H2,1H3.